The summed E-state index contributed by atoms with van der Waals surface area (Å²) in [6.07, 6.45) is 3.66. The van der Waals surface area contributed by atoms with E-state index in [1.54, 1.807) is 0 Å². The Morgan fingerprint density at radius 2 is 2.00 bits per heavy atom. The van der Waals surface area contributed by atoms with Gasteiger partial charge in [-0.25, -0.2) is 0 Å². The Kier molecular flexibility index (Phi) is 6.96. The van der Waals surface area contributed by atoms with Gasteiger partial charge >= 0.3 is 0 Å². The Hall–Kier alpha value is -2.24. The van der Waals surface area contributed by atoms with Gasteiger partial charge in [-0.3, -0.25) is 9.79 Å². The smallest absolute Gasteiger partial charge is 0.220 e. The van der Waals surface area contributed by atoms with Crippen LogP contribution in [-0.4, -0.2) is 62.1 Å². The highest BCUT2D eigenvalue weighted by Gasteiger charge is 2.23. The lowest BCUT2D eigenvalue weighted by Gasteiger charge is -2.37. The number of anilines is 1. The largest absolute Gasteiger partial charge is 0.368 e. The predicted molar refractivity (Wildman–Crippen MR) is 111 cm³/mol. The molecule has 148 valence electrons. The first-order chi connectivity index (χ1) is 13.2. The quantitative estimate of drug-likeness (QED) is 0.438. The van der Waals surface area contributed by atoms with Crippen molar-refractivity contribution < 1.29 is 4.79 Å². The van der Waals surface area contributed by atoms with Crippen molar-refractivity contribution in [2.75, 3.05) is 44.2 Å². The minimum Gasteiger partial charge on any atom is -0.368 e. The number of aryl methyl sites for hydroxylation is 1. The van der Waals surface area contributed by atoms with E-state index in [2.05, 4.69) is 58.5 Å². The molecule has 0 unspecified atom stereocenters. The van der Waals surface area contributed by atoms with Gasteiger partial charge in [0.1, 0.15) is 0 Å². The lowest BCUT2D eigenvalue weighted by atomic mass is 10.2. The van der Waals surface area contributed by atoms with Crippen LogP contribution in [0.1, 0.15) is 38.2 Å². The molecule has 2 aliphatic rings. The van der Waals surface area contributed by atoms with E-state index in [0.717, 1.165) is 57.9 Å². The van der Waals surface area contributed by atoms with Gasteiger partial charge < -0.3 is 20.4 Å². The average molecular weight is 372 g/mol. The number of hydrogen-bond acceptors (Lipinski definition) is 3. The summed E-state index contributed by atoms with van der Waals surface area (Å²) in [6.45, 7) is 9.71. The second-order valence-corrected chi connectivity index (χ2v) is 7.49. The van der Waals surface area contributed by atoms with Crippen molar-refractivity contribution in [3.63, 3.8) is 0 Å². The summed E-state index contributed by atoms with van der Waals surface area (Å²) in [5.74, 6) is 1.15. The Morgan fingerprint density at radius 1 is 1.22 bits per heavy atom. The Morgan fingerprint density at radius 3 is 2.67 bits per heavy atom. The Balaban J connectivity index is 1.46. The molecule has 1 amide bonds. The first-order valence-electron chi connectivity index (χ1n) is 10.3. The number of carbonyl (C=O) groups excluding carboxylic acids is 1. The molecule has 1 aromatic rings. The van der Waals surface area contributed by atoms with Crippen LogP contribution in [-0.2, 0) is 4.79 Å². The molecule has 27 heavy (non-hydrogen) atoms. The van der Waals surface area contributed by atoms with Crippen LogP contribution in [0.2, 0.25) is 0 Å². The van der Waals surface area contributed by atoms with E-state index < -0.39 is 0 Å². The average Bonchev–Trinajstić information content (AvgIpc) is 3.48. The minimum atomic E-state index is 0.171. The first kappa shape index (κ1) is 19.5. The normalized spacial score (nSPS) is 17.8. The van der Waals surface area contributed by atoms with E-state index in [4.69, 9.17) is 4.99 Å². The van der Waals surface area contributed by atoms with E-state index in [-0.39, 0.29) is 5.91 Å². The fraction of sp³-hybridized carbons (Fsp3) is 0.619. The molecule has 1 saturated heterocycles. The van der Waals surface area contributed by atoms with Gasteiger partial charge in [0.25, 0.3) is 0 Å². The molecular formula is C21H33N5O. The Bertz CT molecular complexity index is 648. The molecule has 1 heterocycles. The van der Waals surface area contributed by atoms with Crippen molar-refractivity contribution in [2.24, 2.45) is 4.99 Å². The van der Waals surface area contributed by atoms with Crippen LogP contribution < -0.4 is 15.5 Å². The topological polar surface area (TPSA) is 60.0 Å². The summed E-state index contributed by atoms with van der Waals surface area (Å²) >= 11 is 0. The second kappa shape index (κ2) is 9.62. The number of rotatable bonds is 7. The van der Waals surface area contributed by atoms with Crippen molar-refractivity contribution in [3.8, 4) is 0 Å². The molecule has 0 bridgehead atoms. The van der Waals surface area contributed by atoms with Crippen molar-refractivity contribution in [2.45, 2.75) is 45.6 Å². The van der Waals surface area contributed by atoms with E-state index >= 15 is 0 Å². The number of nitrogens with one attached hydrogen (secondary N) is 2. The summed E-state index contributed by atoms with van der Waals surface area (Å²) in [5, 5.41) is 6.44. The van der Waals surface area contributed by atoms with Crippen LogP contribution in [0.25, 0.3) is 0 Å². The van der Waals surface area contributed by atoms with Crippen molar-refractivity contribution in [1.82, 2.24) is 15.5 Å². The maximum Gasteiger partial charge on any atom is 0.220 e. The molecule has 0 atom stereocenters. The zero-order chi connectivity index (χ0) is 19.1. The molecule has 1 saturated carbocycles. The van der Waals surface area contributed by atoms with Gasteiger partial charge in [-0.2, -0.15) is 0 Å². The van der Waals surface area contributed by atoms with Gasteiger partial charge in [0.05, 0.1) is 0 Å². The van der Waals surface area contributed by atoms with Crippen molar-refractivity contribution >= 4 is 17.6 Å². The van der Waals surface area contributed by atoms with Crippen LogP contribution >= 0.6 is 0 Å². The molecule has 1 aliphatic heterocycles. The molecule has 0 spiro atoms. The zero-order valence-corrected chi connectivity index (χ0v) is 16.7. The molecule has 2 fully saturated rings. The lowest BCUT2D eigenvalue weighted by molar-refractivity contribution is -0.121. The van der Waals surface area contributed by atoms with E-state index in [1.165, 1.54) is 11.3 Å². The van der Waals surface area contributed by atoms with Crippen LogP contribution in [0.15, 0.2) is 29.3 Å². The number of piperazine rings is 1. The monoisotopic (exact) mass is 371 g/mol. The Labute approximate surface area is 163 Å². The molecule has 6 nitrogen and oxygen atoms in total. The maximum atomic E-state index is 11.8. The third-order valence-electron chi connectivity index (χ3n) is 5.05. The lowest BCUT2D eigenvalue weighted by Crippen LogP contribution is -2.52. The molecule has 2 N–H and O–H groups in total. The second-order valence-electron chi connectivity index (χ2n) is 7.49. The van der Waals surface area contributed by atoms with Crippen LogP contribution in [0.4, 0.5) is 5.69 Å². The minimum absolute atomic E-state index is 0.171. The van der Waals surface area contributed by atoms with Crippen molar-refractivity contribution in [3.05, 3.63) is 29.8 Å². The number of guanidine groups is 1. The highest BCUT2D eigenvalue weighted by atomic mass is 16.1. The number of benzene rings is 1. The maximum absolute atomic E-state index is 11.8. The summed E-state index contributed by atoms with van der Waals surface area (Å²) in [5.41, 5.74) is 2.61. The number of nitrogens with zero attached hydrogens (tertiary/aromatic N) is 3. The summed E-state index contributed by atoms with van der Waals surface area (Å²) in [4.78, 5) is 21.3. The molecule has 1 aliphatic carbocycles. The summed E-state index contributed by atoms with van der Waals surface area (Å²) in [7, 11) is 0. The van der Waals surface area contributed by atoms with Crippen LogP contribution in [0, 0.1) is 6.92 Å². The van der Waals surface area contributed by atoms with Gasteiger partial charge in [0, 0.05) is 57.4 Å². The predicted octanol–water partition coefficient (Wildman–Crippen LogP) is 2.14. The van der Waals surface area contributed by atoms with Crippen molar-refractivity contribution in [1.29, 1.82) is 0 Å². The highest BCUT2D eigenvalue weighted by molar-refractivity contribution is 5.80. The number of carbonyl (C=O) groups is 1. The molecule has 6 heteroatoms. The zero-order valence-electron chi connectivity index (χ0n) is 16.7. The summed E-state index contributed by atoms with van der Waals surface area (Å²) in [6, 6.07) is 9.15. The third-order valence-corrected chi connectivity index (χ3v) is 5.05. The number of hydrogen-bond donors (Lipinski definition) is 2. The standard InChI is InChI=1S/C21H33N5O/c1-3-22-21(23-11-5-8-20(27)24-18-9-10-18)26-14-12-25(13-15-26)19-7-4-6-17(2)16-19/h4,6-7,16,18H,3,5,8-15H2,1-2H3,(H,22,23)(H,24,27). The molecular weight excluding hydrogens is 338 g/mol. The molecule has 0 radical (unpaired) electrons. The SMILES string of the molecule is CCNC(=NCCCC(=O)NC1CC1)N1CCN(c2cccc(C)c2)CC1. The fourth-order valence-electron chi connectivity index (χ4n) is 3.38. The first-order valence-corrected chi connectivity index (χ1v) is 10.3. The third kappa shape index (κ3) is 6.15. The van der Waals surface area contributed by atoms with Gasteiger partial charge in [-0.15, -0.1) is 0 Å². The van der Waals surface area contributed by atoms with E-state index in [9.17, 15) is 4.79 Å². The summed E-state index contributed by atoms with van der Waals surface area (Å²) < 4.78 is 0. The number of aliphatic imine (C=N–C) groups is 1. The van der Waals surface area contributed by atoms with Gasteiger partial charge in [-0.1, -0.05) is 12.1 Å². The highest BCUT2D eigenvalue weighted by Crippen LogP contribution is 2.19. The van der Waals surface area contributed by atoms with Gasteiger partial charge in [0.2, 0.25) is 5.91 Å². The van der Waals surface area contributed by atoms with Gasteiger partial charge in [0.15, 0.2) is 5.96 Å². The molecule has 1 aromatic carbocycles. The van der Waals surface area contributed by atoms with E-state index in [1.807, 2.05) is 0 Å². The fourth-order valence-corrected chi connectivity index (χ4v) is 3.38. The number of amides is 1. The van der Waals surface area contributed by atoms with Gasteiger partial charge in [-0.05, 0) is 50.8 Å². The van der Waals surface area contributed by atoms with Crippen LogP contribution in [0.5, 0.6) is 0 Å². The molecule has 0 aromatic heterocycles. The van der Waals surface area contributed by atoms with E-state index in [0.29, 0.717) is 19.0 Å². The van der Waals surface area contributed by atoms with Crippen LogP contribution in [0.3, 0.4) is 0 Å². The molecule has 3 rings (SSSR count).